The normalized spacial score (nSPS) is 10.7. The number of carbonyl (C=O) groups is 2. The van der Waals surface area contributed by atoms with Gasteiger partial charge in [0.2, 0.25) is 11.8 Å². The van der Waals surface area contributed by atoms with Gasteiger partial charge in [-0.1, -0.05) is 64.2 Å². The van der Waals surface area contributed by atoms with Crippen LogP contribution in [0.4, 0.5) is 11.4 Å². The molecule has 0 saturated heterocycles. The van der Waals surface area contributed by atoms with Crippen molar-refractivity contribution in [3.05, 3.63) is 62.3 Å². The van der Waals surface area contributed by atoms with Gasteiger partial charge in [0.05, 0.1) is 38.0 Å². The molecule has 0 unspecified atom stereocenters. The number of anilines is 2. The second-order valence-electron chi connectivity index (χ2n) is 6.25. The van der Waals surface area contributed by atoms with E-state index in [4.69, 9.17) is 46.4 Å². The molecule has 2 aromatic carbocycles. The van der Waals surface area contributed by atoms with Crippen molar-refractivity contribution in [1.82, 2.24) is 14.8 Å². The molecule has 0 atom stereocenters. The van der Waals surface area contributed by atoms with Crippen LogP contribution in [0.2, 0.25) is 20.1 Å². The molecule has 0 fully saturated rings. The molecule has 31 heavy (non-hydrogen) atoms. The van der Waals surface area contributed by atoms with Crippen LogP contribution >= 0.6 is 58.2 Å². The summed E-state index contributed by atoms with van der Waals surface area (Å²) in [6, 6.07) is 9.78. The molecule has 7 nitrogen and oxygen atoms in total. The van der Waals surface area contributed by atoms with Gasteiger partial charge in [0.25, 0.3) is 0 Å². The van der Waals surface area contributed by atoms with Crippen molar-refractivity contribution in [3.8, 4) is 0 Å². The number of aromatic nitrogens is 3. The molecule has 0 aliphatic heterocycles. The Kier molecular flexibility index (Phi) is 8.07. The Labute approximate surface area is 202 Å². The van der Waals surface area contributed by atoms with Crippen molar-refractivity contribution in [2.75, 3.05) is 16.4 Å². The quantitative estimate of drug-likeness (QED) is 0.412. The predicted molar refractivity (Wildman–Crippen MR) is 126 cm³/mol. The summed E-state index contributed by atoms with van der Waals surface area (Å²) in [4.78, 5) is 24.5. The summed E-state index contributed by atoms with van der Waals surface area (Å²) in [7, 11) is 1.72. The van der Waals surface area contributed by atoms with E-state index in [1.807, 2.05) is 0 Å². The molecule has 3 rings (SSSR count). The fourth-order valence-electron chi connectivity index (χ4n) is 2.46. The van der Waals surface area contributed by atoms with E-state index in [1.54, 1.807) is 48.0 Å². The smallest absolute Gasteiger partial charge is 0.234 e. The zero-order valence-electron chi connectivity index (χ0n) is 16.0. The summed E-state index contributed by atoms with van der Waals surface area (Å²) in [6.07, 6.45) is -0.00533. The third-order valence-electron chi connectivity index (χ3n) is 4.01. The van der Waals surface area contributed by atoms with E-state index >= 15 is 0 Å². The molecule has 0 spiro atoms. The van der Waals surface area contributed by atoms with Crippen LogP contribution < -0.4 is 10.6 Å². The maximum Gasteiger partial charge on any atom is 0.234 e. The van der Waals surface area contributed by atoms with Crippen molar-refractivity contribution in [2.45, 2.75) is 11.6 Å². The summed E-state index contributed by atoms with van der Waals surface area (Å²) in [5.74, 6) is -0.0576. The number of hydrogen-bond acceptors (Lipinski definition) is 5. The number of thioether (sulfide) groups is 1. The molecule has 0 radical (unpaired) electrons. The highest BCUT2D eigenvalue weighted by Crippen LogP contribution is 2.30. The lowest BCUT2D eigenvalue weighted by molar-refractivity contribution is -0.116. The maximum absolute atomic E-state index is 12.3. The van der Waals surface area contributed by atoms with E-state index in [2.05, 4.69) is 20.8 Å². The van der Waals surface area contributed by atoms with Gasteiger partial charge in [-0.2, -0.15) is 0 Å². The Morgan fingerprint density at radius 3 is 2.48 bits per heavy atom. The molecule has 12 heteroatoms. The minimum Gasteiger partial charge on any atom is -0.326 e. The first kappa shape index (κ1) is 23.7. The Morgan fingerprint density at radius 1 is 0.968 bits per heavy atom. The number of rotatable bonds is 7. The van der Waals surface area contributed by atoms with E-state index in [-0.39, 0.29) is 29.0 Å². The molecule has 0 bridgehead atoms. The van der Waals surface area contributed by atoms with Gasteiger partial charge in [0.1, 0.15) is 5.82 Å². The first-order valence-corrected chi connectivity index (χ1v) is 11.2. The average molecular weight is 519 g/mol. The van der Waals surface area contributed by atoms with Gasteiger partial charge in [0, 0.05) is 12.7 Å². The molecule has 1 aromatic heterocycles. The minimum atomic E-state index is -0.293. The molecule has 162 valence electrons. The standard InChI is InChI=1S/C19H15Cl4N5O2S/c1-28-15(8-16(29)24-10-5-6-11(20)13(22)7-10)26-27-19(28)31-9-17(30)25-14-4-2-3-12(21)18(14)23/h2-7H,8-9H2,1H3,(H,24,29)(H,25,30). The van der Waals surface area contributed by atoms with Gasteiger partial charge in [-0.15, -0.1) is 10.2 Å². The molecular weight excluding hydrogens is 504 g/mol. The summed E-state index contributed by atoms with van der Waals surface area (Å²) < 4.78 is 1.65. The topological polar surface area (TPSA) is 88.9 Å². The van der Waals surface area contributed by atoms with Gasteiger partial charge in [-0.3, -0.25) is 9.59 Å². The van der Waals surface area contributed by atoms with Crippen LogP contribution in [0.3, 0.4) is 0 Å². The Morgan fingerprint density at radius 2 is 1.74 bits per heavy atom. The van der Waals surface area contributed by atoms with Gasteiger partial charge in [0.15, 0.2) is 5.16 Å². The molecular formula is C19H15Cl4N5O2S. The Balaban J connectivity index is 1.55. The van der Waals surface area contributed by atoms with E-state index in [9.17, 15) is 9.59 Å². The zero-order valence-corrected chi connectivity index (χ0v) is 19.8. The van der Waals surface area contributed by atoms with Crippen LogP contribution in [-0.2, 0) is 23.1 Å². The van der Waals surface area contributed by atoms with E-state index in [1.165, 1.54) is 11.8 Å². The Hall–Kier alpha value is -1.97. The lowest BCUT2D eigenvalue weighted by Gasteiger charge is -2.08. The molecule has 0 aliphatic carbocycles. The number of benzene rings is 2. The molecule has 2 N–H and O–H groups in total. The van der Waals surface area contributed by atoms with Crippen molar-refractivity contribution in [1.29, 1.82) is 0 Å². The third-order valence-corrected chi connectivity index (χ3v) is 6.58. The monoisotopic (exact) mass is 517 g/mol. The molecule has 0 saturated carbocycles. The first-order valence-electron chi connectivity index (χ1n) is 8.74. The SMILES string of the molecule is Cn1c(CC(=O)Nc2ccc(Cl)c(Cl)c2)nnc1SCC(=O)Nc1cccc(Cl)c1Cl. The average Bonchev–Trinajstić information content (AvgIpc) is 3.06. The predicted octanol–water partition coefficient (Wildman–Crippen LogP) is 5.34. The van der Waals surface area contributed by atoms with Crippen molar-refractivity contribution in [3.63, 3.8) is 0 Å². The second-order valence-corrected chi connectivity index (χ2v) is 8.79. The van der Waals surface area contributed by atoms with E-state index < -0.39 is 0 Å². The number of nitrogens with one attached hydrogen (secondary N) is 2. The largest absolute Gasteiger partial charge is 0.326 e. The zero-order chi connectivity index (χ0) is 22.5. The van der Waals surface area contributed by atoms with Crippen molar-refractivity contribution >= 4 is 81.4 Å². The van der Waals surface area contributed by atoms with E-state index in [0.29, 0.717) is 37.4 Å². The van der Waals surface area contributed by atoms with Crippen LogP contribution in [0, 0.1) is 0 Å². The van der Waals surface area contributed by atoms with Gasteiger partial charge in [-0.25, -0.2) is 0 Å². The number of carbonyl (C=O) groups excluding carboxylic acids is 2. The molecule has 2 amide bonds. The Bertz CT molecular complexity index is 1140. The molecule has 0 aliphatic rings. The minimum absolute atomic E-state index is 0.00533. The number of hydrogen-bond donors (Lipinski definition) is 2. The fourth-order valence-corrected chi connectivity index (χ4v) is 3.84. The van der Waals surface area contributed by atoms with Gasteiger partial charge in [-0.05, 0) is 30.3 Å². The highest BCUT2D eigenvalue weighted by molar-refractivity contribution is 7.99. The van der Waals surface area contributed by atoms with Crippen molar-refractivity contribution in [2.24, 2.45) is 7.05 Å². The number of nitrogens with zero attached hydrogens (tertiary/aromatic N) is 3. The van der Waals surface area contributed by atoms with Crippen LogP contribution in [0.25, 0.3) is 0 Å². The second kappa shape index (κ2) is 10.6. The lowest BCUT2D eigenvalue weighted by atomic mass is 10.3. The first-order chi connectivity index (χ1) is 14.7. The van der Waals surface area contributed by atoms with Crippen LogP contribution in [-0.4, -0.2) is 32.3 Å². The number of amides is 2. The number of halogens is 4. The summed E-state index contributed by atoms with van der Waals surface area (Å²) in [5.41, 5.74) is 0.949. The third kappa shape index (κ3) is 6.27. The molecule has 3 aromatic rings. The maximum atomic E-state index is 12.3. The van der Waals surface area contributed by atoms with Crippen LogP contribution in [0.1, 0.15) is 5.82 Å². The fraction of sp³-hybridized carbons (Fsp3) is 0.158. The summed E-state index contributed by atoms with van der Waals surface area (Å²) in [6.45, 7) is 0. The van der Waals surface area contributed by atoms with Crippen LogP contribution in [0.15, 0.2) is 41.6 Å². The van der Waals surface area contributed by atoms with Gasteiger partial charge < -0.3 is 15.2 Å². The van der Waals surface area contributed by atoms with Gasteiger partial charge >= 0.3 is 0 Å². The molecule has 1 heterocycles. The highest BCUT2D eigenvalue weighted by atomic mass is 35.5. The lowest BCUT2D eigenvalue weighted by Crippen LogP contribution is -2.17. The van der Waals surface area contributed by atoms with Crippen LogP contribution in [0.5, 0.6) is 0 Å². The summed E-state index contributed by atoms with van der Waals surface area (Å²) >= 11 is 25.0. The highest BCUT2D eigenvalue weighted by Gasteiger charge is 2.15. The summed E-state index contributed by atoms with van der Waals surface area (Å²) in [5, 5.41) is 15.4. The van der Waals surface area contributed by atoms with E-state index in [0.717, 1.165) is 0 Å². The van der Waals surface area contributed by atoms with Crippen molar-refractivity contribution < 1.29 is 9.59 Å².